The summed E-state index contributed by atoms with van der Waals surface area (Å²) in [6, 6.07) is 0.438. The van der Waals surface area contributed by atoms with E-state index in [0.29, 0.717) is 25.6 Å². The van der Waals surface area contributed by atoms with Crippen LogP contribution in [-0.4, -0.2) is 35.4 Å². The number of aromatic nitrogens is 2. The number of carbonyl (C=O) groups is 1. The first-order valence-corrected chi connectivity index (χ1v) is 6.68. The van der Waals surface area contributed by atoms with Gasteiger partial charge in [-0.15, -0.1) is 0 Å². The van der Waals surface area contributed by atoms with Crippen LogP contribution >= 0.6 is 0 Å². The third kappa shape index (κ3) is 3.70. The van der Waals surface area contributed by atoms with Gasteiger partial charge in [-0.25, -0.2) is 4.68 Å². The van der Waals surface area contributed by atoms with E-state index in [1.54, 1.807) is 11.8 Å². The molecule has 1 heterocycles. The fourth-order valence-corrected chi connectivity index (χ4v) is 2.08. The standard InChI is InChI=1S/C13H22N4O2/c1-9-11(13(19-3)17(2)16-9)8-14-7-6-12(18)15-10-4-5-10/h10,14H,4-8H2,1-3H3,(H,15,18). The summed E-state index contributed by atoms with van der Waals surface area (Å²) >= 11 is 0. The van der Waals surface area contributed by atoms with Crippen molar-refractivity contribution in [1.82, 2.24) is 20.4 Å². The molecule has 0 radical (unpaired) electrons. The third-order valence-corrected chi connectivity index (χ3v) is 3.26. The Labute approximate surface area is 113 Å². The molecule has 1 saturated carbocycles. The molecule has 1 aliphatic rings. The van der Waals surface area contributed by atoms with Crippen LogP contribution in [0.5, 0.6) is 5.88 Å². The molecular weight excluding hydrogens is 244 g/mol. The summed E-state index contributed by atoms with van der Waals surface area (Å²) in [6.45, 7) is 3.29. The summed E-state index contributed by atoms with van der Waals surface area (Å²) in [4.78, 5) is 11.5. The summed E-state index contributed by atoms with van der Waals surface area (Å²) in [5.74, 6) is 0.900. The van der Waals surface area contributed by atoms with Crippen molar-refractivity contribution in [2.24, 2.45) is 7.05 Å². The van der Waals surface area contributed by atoms with Crippen molar-refractivity contribution in [3.8, 4) is 5.88 Å². The maximum absolute atomic E-state index is 11.5. The highest BCUT2D eigenvalue weighted by molar-refractivity contribution is 5.76. The molecule has 0 aromatic carbocycles. The first kappa shape index (κ1) is 13.9. The minimum Gasteiger partial charge on any atom is -0.481 e. The van der Waals surface area contributed by atoms with E-state index in [1.165, 1.54) is 0 Å². The molecule has 6 nitrogen and oxygen atoms in total. The summed E-state index contributed by atoms with van der Waals surface area (Å²) in [6.07, 6.45) is 2.77. The van der Waals surface area contributed by atoms with Gasteiger partial charge in [0.25, 0.3) is 0 Å². The topological polar surface area (TPSA) is 68.2 Å². The zero-order chi connectivity index (χ0) is 13.8. The molecule has 0 unspecified atom stereocenters. The van der Waals surface area contributed by atoms with Crippen LogP contribution in [0.1, 0.15) is 30.5 Å². The molecule has 1 fully saturated rings. The van der Waals surface area contributed by atoms with E-state index in [4.69, 9.17) is 4.74 Å². The summed E-state index contributed by atoms with van der Waals surface area (Å²) < 4.78 is 7.05. The largest absolute Gasteiger partial charge is 0.481 e. The van der Waals surface area contributed by atoms with Gasteiger partial charge in [-0.1, -0.05) is 0 Å². The normalized spacial score (nSPS) is 14.5. The van der Waals surface area contributed by atoms with Crippen molar-refractivity contribution in [2.75, 3.05) is 13.7 Å². The number of carbonyl (C=O) groups excluding carboxylic acids is 1. The van der Waals surface area contributed by atoms with Gasteiger partial charge in [0.05, 0.1) is 18.4 Å². The number of aryl methyl sites for hydroxylation is 2. The molecule has 0 aliphatic heterocycles. The van der Waals surface area contributed by atoms with E-state index >= 15 is 0 Å². The Morgan fingerprint density at radius 1 is 1.53 bits per heavy atom. The molecule has 0 saturated heterocycles. The summed E-state index contributed by atoms with van der Waals surface area (Å²) in [5.41, 5.74) is 2.00. The van der Waals surface area contributed by atoms with Gasteiger partial charge in [0.2, 0.25) is 11.8 Å². The van der Waals surface area contributed by atoms with E-state index in [-0.39, 0.29) is 5.91 Å². The maximum Gasteiger partial charge on any atom is 0.221 e. The SMILES string of the molecule is COc1c(CNCCC(=O)NC2CC2)c(C)nn1C. The van der Waals surface area contributed by atoms with Crippen LogP contribution in [0.3, 0.4) is 0 Å². The average molecular weight is 266 g/mol. The monoisotopic (exact) mass is 266 g/mol. The molecule has 0 spiro atoms. The summed E-state index contributed by atoms with van der Waals surface area (Å²) in [7, 11) is 3.50. The Morgan fingerprint density at radius 2 is 2.26 bits per heavy atom. The molecule has 19 heavy (non-hydrogen) atoms. The Bertz CT molecular complexity index is 452. The smallest absolute Gasteiger partial charge is 0.221 e. The molecule has 2 N–H and O–H groups in total. The molecule has 6 heteroatoms. The lowest BCUT2D eigenvalue weighted by molar-refractivity contribution is -0.121. The summed E-state index contributed by atoms with van der Waals surface area (Å²) in [5, 5.41) is 10.5. The number of nitrogens with zero attached hydrogens (tertiary/aromatic N) is 2. The van der Waals surface area contributed by atoms with Gasteiger partial charge in [0, 0.05) is 32.6 Å². The second-order valence-corrected chi connectivity index (χ2v) is 4.97. The molecule has 1 aromatic heterocycles. The minimum absolute atomic E-state index is 0.130. The molecule has 1 aromatic rings. The van der Waals surface area contributed by atoms with Crippen molar-refractivity contribution >= 4 is 5.91 Å². The highest BCUT2D eigenvalue weighted by Gasteiger charge is 2.22. The quantitative estimate of drug-likeness (QED) is 0.705. The van der Waals surface area contributed by atoms with Gasteiger partial charge in [0.15, 0.2) is 0 Å². The van der Waals surface area contributed by atoms with Crippen LogP contribution in [0.4, 0.5) is 0 Å². The molecule has 106 valence electrons. The van der Waals surface area contributed by atoms with Gasteiger partial charge in [-0.05, 0) is 19.8 Å². The molecule has 0 atom stereocenters. The van der Waals surface area contributed by atoms with Gasteiger partial charge >= 0.3 is 0 Å². The molecular formula is C13H22N4O2. The van der Waals surface area contributed by atoms with Crippen LogP contribution in [0.15, 0.2) is 0 Å². The maximum atomic E-state index is 11.5. The van der Waals surface area contributed by atoms with Crippen molar-refractivity contribution in [1.29, 1.82) is 0 Å². The van der Waals surface area contributed by atoms with E-state index in [1.807, 2.05) is 14.0 Å². The Kier molecular flexibility index (Phi) is 4.42. The van der Waals surface area contributed by atoms with E-state index in [0.717, 1.165) is 30.0 Å². The average Bonchev–Trinajstić information content (AvgIpc) is 3.11. The van der Waals surface area contributed by atoms with Gasteiger partial charge in [-0.2, -0.15) is 5.10 Å². The molecule has 2 rings (SSSR count). The lowest BCUT2D eigenvalue weighted by Crippen LogP contribution is -2.29. The minimum atomic E-state index is 0.130. The highest BCUT2D eigenvalue weighted by atomic mass is 16.5. The predicted octanol–water partition coefficient (Wildman–Crippen LogP) is 0.495. The van der Waals surface area contributed by atoms with Crippen molar-refractivity contribution < 1.29 is 9.53 Å². The Balaban J connectivity index is 1.74. The van der Waals surface area contributed by atoms with E-state index in [9.17, 15) is 4.79 Å². The number of hydrogen-bond donors (Lipinski definition) is 2. The molecule has 1 aliphatic carbocycles. The number of hydrogen-bond acceptors (Lipinski definition) is 4. The van der Waals surface area contributed by atoms with Gasteiger partial charge in [0.1, 0.15) is 0 Å². The van der Waals surface area contributed by atoms with Crippen molar-refractivity contribution in [2.45, 2.75) is 38.8 Å². The molecule has 1 amide bonds. The second kappa shape index (κ2) is 6.06. The second-order valence-electron chi connectivity index (χ2n) is 4.97. The zero-order valence-electron chi connectivity index (χ0n) is 11.8. The number of ether oxygens (including phenoxy) is 1. The van der Waals surface area contributed by atoms with Crippen LogP contribution in [-0.2, 0) is 18.4 Å². The number of rotatable bonds is 7. The third-order valence-electron chi connectivity index (χ3n) is 3.26. The van der Waals surface area contributed by atoms with E-state index < -0.39 is 0 Å². The van der Waals surface area contributed by atoms with Crippen LogP contribution in [0, 0.1) is 6.92 Å². The van der Waals surface area contributed by atoms with Crippen molar-refractivity contribution in [3.05, 3.63) is 11.3 Å². The number of methoxy groups -OCH3 is 1. The van der Waals surface area contributed by atoms with Gasteiger partial charge in [-0.3, -0.25) is 4.79 Å². The Morgan fingerprint density at radius 3 is 2.89 bits per heavy atom. The van der Waals surface area contributed by atoms with Gasteiger partial charge < -0.3 is 15.4 Å². The van der Waals surface area contributed by atoms with E-state index in [2.05, 4.69) is 15.7 Å². The van der Waals surface area contributed by atoms with Crippen LogP contribution in [0.2, 0.25) is 0 Å². The Hall–Kier alpha value is -1.56. The number of amides is 1. The fraction of sp³-hybridized carbons (Fsp3) is 0.692. The van der Waals surface area contributed by atoms with Crippen molar-refractivity contribution in [3.63, 3.8) is 0 Å². The predicted molar refractivity (Wildman–Crippen MR) is 72.0 cm³/mol. The first-order chi connectivity index (χ1) is 9.11. The zero-order valence-corrected chi connectivity index (χ0v) is 11.8. The lowest BCUT2D eigenvalue weighted by atomic mass is 10.2. The number of nitrogens with one attached hydrogen (secondary N) is 2. The lowest BCUT2D eigenvalue weighted by Gasteiger charge is -2.07. The fourth-order valence-electron chi connectivity index (χ4n) is 2.08. The highest BCUT2D eigenvalue weighted by Crippen LogP contribution is 2.20. The van der Waals surface area contributed by atoms with Crippen LogP contribution in [0.25, 0.3) is 0 Å². The molecule has 0 bridgehead atoms. The first-order valence-electron chi connectivity index (χ1n) is 6.68. The van der Waals surface area contributed by atoms with Crippen LogP contribution < -0.4 is 15.4 Å².